The van der Waals surface area contributed by atoms with Crippen molar-refractivity contribution in [2.24, 2.45) is 0 Å². The molecule has 0 atom stereocenters. The molecule has 0 aromatic carbocycles. The molecule has 0 saturated heterocycles. The first-order valence-corrected chi connectivity index (χ1v) is 4.68. The predicted octanol–water partition coefficient (Wildman–Crippen LogP) is -0.193. The Kier molecular flexibility index (Phi) is 2.99. The molecule has 0 aliphatic rings. The summed E-state index contributed by atoms with van der Waals surface area (Å²) in [4.78, 5) is 14.9. The van der Waals surface area contributed by atoms with Crippen molar-refractivity contribution >= 4 is 11.8 Å². The smallest absolute Gasteiger partial charge is 0.306 e. The summed E-state index contributed by atoms with van der Waals surface area (Å²) in [7, 11) is 1.31. The minimum atomic E-state index is -0.354. The lowest BCUT2D eigenvalue weighted by molar-refractivity contribution is -0.140. The number of aromatic nitrogens is 4. The topological polar surface area (TPSA) is 130 Å². The third kappa shape index (κ3) is 2.38. The second kappa shape index (κ2) is 4.60. The summed E-state index contributed by atoms with van der Waals surface area (Å²) in [6.45, 7) is 0. The Balaban J connectivity index is 2.06. The number of nitrogen functional groups attached to an aromatic ring is 1. The van der Waals surface area contributed by atoms with Crippen LogP contribution in [-0.2, 0) is 16.0 Å². The first-order chi connectivity index (χ1) is 8.20. The van der Waals surface area contributed by atoms with Crippen molar-refractivity contribution in [2.75, 3.05) is 12.8 Å². The number of aryl methyl sites for hydroxylation is 1. The van der Waals surface area contributed by atoms with Gasteiger partial charge in [0.15, 0.2) is 11.5 Å². The lowest BCUT2D eigenvalue weighted by Crippen LogP contribution is -2.02. The van der Waals surface area contributed by atoms with Gasteiger partial charge in [0.1, 0.15) is 0 Å². The van der Waals surface area contributed by atoms with Gasteiger partial charge in [0.25, 0.3) is 0 Å². The molecule has 2 aromatic heterocycles. The maximum Gasteiger partial charge on any atom is 0.306 e. The monoisotopic (exact) mass is 239 g/mol. The molecule has 0 fully saturated rings. The van der Waals surface area contributed by atoms with Crippen LogP contribution in [0.5, 0.6) is 0 Å². The second-order valence-electron chi connectivity index (χ2n) is 3.09. The van der Waals surface area contributed by atoms with Crippen LogP contribution in [0.15, 0.2) is 9.15 Å². The van der Waals surface area contributed by atoms with Crippen LogP contribution >= 0.6 is 0 Å². The molecule has 0 unspecified atom stereocenters. The van der Waals surface area contributed by atoms with E-state index in [2.05, 4.69) is 29.8 Å². The van der Waals surface area contributed by atoms with Crippen molar-refractivity contribution in [3.8, 4) is 11.5 Å². The maximum atomic E-state index is 10.9. The molecule has 17 heavy (non-hydrogen) atoms. The minimum Gasteiger partial charge on any atom is -0.469 e. The normalized spacial score (nSPS) is 10.4. The van der Waals surface area contributed by atoms with Crippen molar-refractivity contribution in [2.45, 2.75) is 12.8 Å². The molecule has 0 aliphatic carbocycles. The van der Waals surface area contributed by atoms with E-state index >= 15 is 0 Å². The zero-order valence-electron chi connectivity index (χ0n) is 8.91. The number of nitrogens with two attached hydrogens (primary N) is 1. The number of carbonyl (C=O) groups excluding carboxylic acids is 1. The molecule has 0 radical (unpaired) electrons. The van der Waals surface area contributed by atoms with Crippen LogP contribution in [0.1, 0.15) is 12.3 Å². The molecule has 0 spiro atoms. The van der Waals surface area contributed by atoms with Crippen LogP contribution in [0.25, 0.3) is 11.5 Å². The fourth-order valence-corrected chi connectivity index (χ4v) is 1.11. The molecule has 9 heteroatoms. The fraction of sp³-hybridized carbons (Fsp3) is 0.375. The van der Waals surface area contributed by atoms with E-state index in [0.717, 1.165) is 0 Å². The number of nitrogens with zero attached hydrogens (tertiary/aromatic N) is 4. The average Bonchev–Trinajstić information content (AvgIpc) is 2.94. The number of ether oxygens (including phenoxy) is 1. The van der Waals surface area contributed by atoms with Crippen LogP contribution < -0.4 is 5.73 Å². The summed E-state index contributed by atoms with van der Waals surface area (Å²) >= 11 is 0. The van der Waals surface area contributed by atoms with Gasteiger partial charge < -0.3 is 15.0 Å². The van der Waals surface area contributed by atoms with E-state index in [1.54, 1.807) is 0 Å². The maximum absolute atomic E-state index is 10.9. The van der Waals surface area contributed by atoms with E-state index in [-0.39, 0.29) is 42.0 Å². The van der Waals surface area contributed by atoms with Crippen LogP contribution in [0.3, 0.4) is 0 Å². The molecule has 2 rings (SSSR count). The van der Waals surface area contributed by atoms with Gasteiger partial charge >= 0.3 is 5.97 Å². The zero-order chi connectivity index (χ0) is 12.3. The van der Waals surface area contributed by atoms with Gasteiger partial charge in [-0.1, -0.05) is 5.16 Å². The van der Waals surface area contributed by atoms with Gasteiger partial charge in [-0.2, -0.15) is 4.98 Å². The van der Waals surface area contributed by atoms with E-state index in [9.17, 15) is 4.79 Å². The lowest BCUT2D eigenvalue weighted by Gasteiger charge is -1.93. The molecule has 2 heterocycles. The van der Waals surface area contributed by atoms with Crippen LogP contribution in [0.2, 0.25) is 0 Å². The summed E-state index contributed by atoms with van der Waals surface area (Å²) in [5.74, 6) is 0.175. The third-order valence-electron chi connectivity index (χ3n) is 1.96. The van der Waals surface area contributed by atoms with Crippen molar-refractivity contribution in [1.82, 2.24) is 20.5 Å². The number of anilines is 1. The highest BCUT2D eigenvalue weighted by Crippen LogP contribution is 2.18. The Morgan fingerprint density at radius 2 is 2.24 bits per heavy atom. The molecule has 0 saturated carbocycles. The van der Waals surface area contributed by atoms with Gasteiger partial charge in [0, 0.05) is 6.42 Å². The Morgan fingerprint density at radius 1 is 1.41 bits per heavy atom. The molecule has 2 N–H and O–H groups in total. The predicted molar refractivity (Wildman–Crippen MR) is 52.3 cm³/mol. The van der Waals surface area contributed by atoms with Crippen molar-refractivity contribution in [1.29, 1.82) is 0 Å². The van der Waals surface area contributed by atoms with Gasteiger partial charge in [0.2, 0.25) is 11.7 Å². The Hall–Kier alpha value is -2.45. The summed E-state index contributed by atoms with van der Waals surface area (Å²) in [6.07, 6.45) is 0.440. The number of rotatable bonds is 4. The van der Waals surface area contributed by atoms with Gasteiger partial charge in [-0.25, -0.2) is 4.63 Å². The lowest BCUT2D eigenvalue weighted by atomic mass is 10.3. The van der Waals surface area contributed by atoms with Crippen molar-refractivity contribution < 1.29 is 18.7 Å². The molecule has 0 aliphatic heterocycles. The highest BCUT2D eigenvalue weighted by atomic mass is 16.6. The summed E-state index contributed by atoms with van der Waals surface area (Å²) in [5, 5.41) is 10.6. The SMILES string of the molecule is COC(=O)CCc1nc(-c2nonc2N)no1. The first-order valence-electron chi connectivity index (χ1n) is 4.68. The zero-order valence-corrected chi connectivity index (χ0v) is 8.91. The van der Waals surface area contributed by atoms with Crippen LogP contribution in [-0.4, -0.2) is 33.5 Å². The fourth-order valence-electron chi connectivity index (χ4n) is 1.11. The first kappa shape index (κ1) is 11.0. The number of methoxy groups -OCH3 is 1. The highest BCUT2D eigenvalue weighted by Gasteiger charge is 2.16. The molecule has 0 amide bonds. The molecular weight excluding hydrogens is 230 g/mol. The highest BCUT2D eigenvalue weighted by molar-refractivity contribution is 5.69. The van der Waals surface area contributed by atoms with Gasteiger partial charge in [-0.05, 0) is 10.3 Å². The standard InChI is InChI=1S/C8H9N5O4/c1-15-5(14)3-2-4-10-8(13-16-4)6-7(9)12-17-11-6/h2-3H2,1H3,(H2,9,12). The van der Waals surface area contributed by atoms with E-state index in [0.29, 0.717) is 0 Å². The quantitative estimate of drug-likeness (QED) is 0.721. The summed E-state index contributed by atoms with van der Waals surface area (Å²) in [6, 6.07) is 0. The Morgan fingerprint density at radius 3 is 2.88 bits per heavy atom. The Bertz CT molecular complexity index is 519. The van der Waals surface area contributed by atoms with E-state index < -0.39 is 0 Å². The molecule has 90 valence electrons. The Labute approximate surface area is 94.9 Å². The van der Waals surface area contributed by atoms with Crippen molar-refractivity contribution in [3.05, 3.63) is 5.89 Å². The van der Waals surface area contributed by atoms with Crippen molar-refractivity contribution in [3.63, 3.8) is 0 Å². The number of hydrogen-bond acceptors (Lipinski definition) is 9. The molecular formula is C8H9N5O4. The third-order valence-corrected chi connectivity index (χ3v) is 1.96. The van der Waals surface area contributed by atoms with E-state index in [4.69, 9.17) is 10.3 Å². The van der Waals surface area contributed by atoms with E-state index in [1.165, 1.54) is 7.11 Å². The van der Waals surface area contributed by atoms with Crippen LogP contribution in [0, 0.1) is 0 Å². The number of hydrogen-bond donors (Lipinski definition) is 1. The molecule has 0 bridgehead atoms. The van der Waals surface area contributed by atoms with Gasteiger partial charge in [-0.3, -0.25) is 4.79 Å². The number of carbonyl (C=O) groups is 1. The molecule has 9 nitrogen and oxygen atoms in total. The average molecular weight is 239 g/mol. The van der Waals surface area contributed by atoms with Gasteiger partial charge in [-0.15, -0.1) is 0 Å². The molecule has 2 aromatic rings. The second-order valence-corrected chi connectivity index (χ2v) is 3.09. The minimum absolute atomic E-state index is 0.0744. The summed E-state index contributed by atoms with van der Waals surface area (Å²) in [5.41, 5.74) is 5.67. The largest absolute Gasteiger partial charge is 0.469 e. The summed E-state index contributed by atoms with van der Waals surface area (Å²) < 4.78 is 13.8. The number of esters is 1. The van der Waals surface area contributed by atoms with Gasteiger partial charge in [0.05, 0.1) is 13.5 Å². The van der Waals surface area contributed by atoms with Crippen LogP contribution in [0.4, 0.5) is 5.82 Å². The van der Waals surface area contributed by atoms with E-state index in [1.807, 2.05) is 0 Å².